The first-order valence-electron chi connectivity index (χ1n) is 6.73. The summed E-state index contributed by atoms with van der Waals surface area (Å²) in [7, 11) is 2.12. The summed E-state index contributed by atoms with van der Waals surface area (Å²) in [4.78, 5) is 15.7. The Balaban J connectivity index is 2.22. The molecule has 0 radical (unpaired) electrons. The molecule has 0 aromatic carbocycles. The summed E-state index contributed by atoms with van der Waals surface area (Å²) in [6.45, 7) is 2.66. The van der Waals surface area contributed by atoms with Gasteiger partial charge in [-0.15, -0.1) is 23.1 Å². The third-order valence-corrected chi connectivity index (χ3v) is 6.13. The summed E-state index contributed by atoms with van der Waals surface area (Å²) < 4.78 is 0. The molecule has 1 fully saturated rings. The number of nitrogen functional groups attached to an aromatic ring is 1. The summed E-state index contributed by atoms with van der Waals surface area (Å²) >= 11 is 3.18. The van der Waals surface area contributed by atoms with Crippen molar-refractivity contribution >= 4 is 39.6 Å². The van der Waals surface area contributed by atoms with E-state index in [9.17, 15) is 4.79 Å². The smallest absolute Gasteiger partial charge is 0.171 e. The van der Waals surface area contributed by atoms with E-state index < -0.39 is 0 Å². The molecule has 2 rings (SSSR count). The van der Waals surface area contributed by atoms with Gasteiger partial charge in [-0.2, -0.15) is 0 Å². The lowest BCUT2D eigenvalue weighted by atomic mass is 10.1. The molecular weight excluding hydrogens is 276 g/mol. The number of nitrogens with two attached hydrogens (primary N) is 1. The van der Waals surface area contributed by atoms with Crippen LogP contribution in [0.25, 0.3) is 0 Å². The number of ketones is 1. The van der Waals surface area contributed by atoms with Gasteiger partial charge < -0.3 is 10.6 Å². The van der Waals surface area contributed by atoms with E-state index in [1.165, 1.54) is 25.7 Å². The average molecular weight is 298 g/mol. The fraction of sp³-hybridized carbons (Fsp3) is 0.643. The predicted molar refractivity (Wildman–Crippen MR) is 85.7 cm³/mol. The van der Waals surface area contributed by atoms with Gasteiger partial charge in [-0.05, 0) is 25.0 Å². The maximum Gasteiger partial charge on any atom is 0.171 e. The van der Waals surface area contributed by atoms with Crippen LogP contribution in [0.3, 0.4) is 0 Å². The van der Waals surface area contributed by atoms with Gasteiger partial charge in [0.25, 0.3) is 0 Å². The number of hydrogen-bond acceptors (Lipinski definition) is 5. The number of anilines is 2. The van der Waals surface area contributed by atoms with Crippen LogP contribution in [0.4, 0.5) is 10.7 Å². The van der Waals surface area contributed by atoms with E-state index in [1.54, 1.807) is 30.0 Å². The third kappa shape index (κ3) is 3.08. The van der Waals surface area contributed by atoms with Crippen molar-refractivity contribution in [1.82, 2.24) is 0 Å². The maximum absolute atomic E-state index is 11.6. The van der Waals surface area contributed by atoms with Gasteiger partial charge >= 0.3 is 0 Å². The van der Waals surface area contributed by atoms with Gasteiger partial charge in [-0.3, -0.25) is 4.79 Å². The molecule has 5 heteroatoms. The van der Waals surface area contributed by atoms with Gasteiger partial charge in [-0.25, -0.2) is 0 Å². The lowest BCUT2D eigenvalue weighted by Crippen LogP contribution is -2.23. The zero-order valence-corrected chi connectivity index (χ0v) is 13.5. The summed E-state index contributed by atoms with van der Waals surface area (Å²) in [5.74, 6) is 0.863. The lowest BCUT2D eigenvalue weighted by Gasteiger charge is -2.22. The Morgan fingerprint density at radius 2 is 2.11 bits per heavy atom. The minimum absolute atomic E-state index is 0.0679. The van der Waals surface area contributed by atoms with Gasteiger partial charge in [0.15, 0.2) is 5.78 Å². The fourth-order valence-electron chi connectivity index (χ4n) is 2.79. The molecule has 0 saturated heterocycles. The number of Topliss-reactive ketones (excluding diaryl/α,β-unsaturated/α-hetero) is 1. The molecule has 1 aliphatic carbocycles. The quantitative estimate of drug-likeness (QED) is 0.662. The largest absolute Gasteiger partial charge is 0.396 e. The molecule has 0 amide bonds. The average Bonchev–Trinajstić information content (AvgIpc) is 2.96. The van der Waals surface area contributed by atoms with Crippen LogP contribution in [0, 0.1) is 5.92 Å². The van der Waals surface area contributed by atoms with Gasteiger partial charge in [0.05, 0.1) is 15.5 Å². The summed E-state index contributed by atoms with van der Waals surface area (Å²) in [5, 5.41) is 1.15. The van der Waals surface area contributed by atoms with Crippen LogP contribution in [-0.2, 0) is 0 Å². The molecule has 1 heterocycles. The Morgan fingerprint density at radius 1 is 1.47 bits per heavy atom. The van der Waals surface area contributed by atoms with E-state index >= 15 is 0 Å². The summed E-state index contributed by atoms with van der Waals surface area (Å²) in [5.41, 5.74) is 6.77. The molecule has 1 saturated carbocycles. The van der Waals surface area contributed by atoms with Crippen molar-refractivity contribution in [2.45, 2.75) is 37.5 Å². The number of rotatable bonds is 5. The molecule has 106 valence electrons. The molecule has 0 spiro atoms. The molecule has 0 unspecified atom stereocenters. The molecular formula is C14H22N2OS2. The molecule has 0 atom stereocenters. The molecule has 0 aliphatic heterocycles. The second kappa shape index (κ2) is 6.18. The molecule has 1 aromatic heterocycles. The van der Waals surface area contributed by atoms with Crippen LogP contribution >= 0.6 is 23.1 Å². The molecule has 2 N–H and O–H groups in total. The highest BCUT2D eigenvalue weighted by atomic mass is 32.2. The van der Waals surface area contributed by atoms with Crippen molar-refractivity contribution in [3.8, 4) is 0 Å². The first kappa shape index (κ1) is 14.7. The molecule has 0 bridgehead atoms. The lowest BCUT2D eigenvalue weighted by molar-refractivity contribution is 0.102. The second-order valence-electron chi connectivity index (χ2n) is 5.27. The Hall–Kier alpha value is -0.680. The van der Waals surface area contributed by atoms with Crippen LogP contribution in [0.2, 0.25) is 0 Å². The van der Waals surface area contributed by atoms with Gasteiger partial charge in [0, 0.05) is 20.5 Å². The van der Waals surface area contributed by atoms with Crippen molar-refractivity contribution in [2.75, 3.05) is 30.5 Å². The van der Waals surface area contributed by atoms with Crippen molar-refractivity contribution < 1.29 is 4.79 Å². The first-order valence-corrected chi connectivity index (χ1v) is 8.77. The van der Waals surface area contributed by atoms with E-state index in [0.717, 1.165) is 22.4 Å². The van der Waals surface area contributed by atoms with Gasteiger partial charge in [0.2, 0.25) is 0 Å². The van der Waals surface area contributed by atoms with Gasteiger partial charge in [0.1, 0.15) is 5.00 Å². The standard InChI is InChI=1S/C14H22N2OS2/c1-9(17)12-11(15)13(18-3)14(19-12)16(2)8-10-6-4-5-7-10/h10H,4-8,15H2,1-3H3. The molecule has 1 aromatic rings. The number of hydrogen-bond donors (Lipinski definition) is 1. The molecule has 1 aliphatic rings. The predicted octanol–water partition coefficient (Wildman–Crippen LogP) is 3.88. The van der Waals surface area contributed by atoms with Crippen LogP contribution in [0.15, 0.2) is 4.90 Å². The van der Waals surface area contributed by atoms with Crippen molar-refractivity contribution in [2.24, 2.45) is 5.92 Å². The Morgan fingerprint density at radius 3 is 2.63 bits per heavy atom. The van der Waals surface area contributed by atoms with E-state index in [2.05, 4.69) is 11.9 Å². The highest BCUT2D eigenvalue weighted by Crippen LogP contribution is 2.44. The SMILES string of the molecule is CSc1c(N(C)CC2CCCC2)sc(C(C)=O)c1N. The number of carbonyl (C=O) groups excluding carboxylic acids is 1. The Bertz CT molecular complexity index is 464. The number of thiophene rings is 1. The summed E-state index contributed by atoms with van der Waals surface area (Å²) in [6, 6.07) is 0. The summed E-state index contributed by atoms with van der Waals surface area (Å²) in [6.07, 6.45) is 7.41. The minimum Gasteiger partial charge on any atom is -0.396 e. The first-order chi connectivity index (χ1) is 9.04. The number of thioether (sulfide) groups is 1. The van der Waals surface area contributed by atoms with Crippen LogP contribution < -0.4 is 10.6 Å². The van der Waals surface area contributed by atoms with Crippen molar-refractivity contribution in [1.29, 1.82) is 0 Å². The van der Waals surface area contributed by atoms with E-state index in [4.69, 9.17) is 5.73 Å². The molecule has 19 heavy (non-hydrogen) atoms. The number of nitrogens with zero attached hydrogens (tertiary/aromatic N) is 1. The van der Waals surface area contributed by atoms with Crippen LogP contribution in [-0.4, -0.2) is 25.6 Å². The van der Waals surface area contributed by atoms with Crippen molar-refractivity contribution in [3.05, 3.63) is 4.88 Å². The maximum atomic E-state index is 11.6. The van der Waals surface area contributed by atoms with Crippen LogP contribution in [0.1, 0.15) is 42.3 Å². The van der Waals surface area contributed by atoms with E-state index in [-0.39, 0.29) is 5.78 Å². The normalized spacial score (nSPS) is 15.9. The Kier molecular flexibility index (Phi) is 4.79. The zero-order valence-electron chi connectivity index (χ0n) is 11.9. The van der Waals surface area contributed by atoms with Gasteiger partial charge in [-0.1, -0.05) is 12.8 Å². The highest BCUT2D eigenvalue weighted by Gasteiger charge is 2.23. The topological polar surface area (TPSA) is 46.3 Å². The van der Waals surface area contributed by atoms with Crippen molar-refractivity contribution in [3.63, 3.8) is 0 Å². The highest BCUT2D eigenvalue weighted by molar-refractivity contribution is 7.99. The van der Waals surface area contributed by atoms with Crippen LogP contribution in [0.5, 0.6) is 0 Å². The fourth-order valence-corrected chi connectivity index (χ4v) is 4.86. The molecule has 3 nitrogen and oxygen atoms in total. The van der Waals surface area contributed by atoms with E-state index in [1.807, 2.05) is 6.26 Å². The second-order valence-corrected chi connectivity index (χ2v) is 7.09. The Labute approximate surface area is 123 Å². The number of carbonyl (C=O) groups is 1. The monoisotopic (exact) mass is 298 g/mol. The minimum atomic E-state index is 0.0679. The van der Waals surface area contributed by atoms with E-state index in [0.29, 0.717) is 10.6 Å². The third-order valence-electron chi connectivity index (χ3n) is 3.76. The zero-order chi connectivity index (χ0) is 14.0.